The zero-order valence-electron chi connectivity index (χ0n) is 8.14. The van der Waals surface area contributed by atoms with Crippen LogP contribution in [-0.2, 0) is 14.8 Å². The van der Waals surface area contributed by atoms with E-state index in [1.54, 1.807) is 6.92 Å². The van der Waals surface area contributed by atoms with Gasteiger partial charge in [-0.25, -0.2) is 8.42 Å². The average Bonchev–Trinajstić information content (AvgIpc) is 2.01. The largest absolute Gasteiger partial charge is 0.481 e. The molecule has 0 saturated carbocycles. The normalized spacial score (nSPS) is 24.4. The second-order valence-corrected chi connectivity index (χ2v) is 5.62. The maximum atomic E-state index is 11.5. The molecule has 6 heteroatoms. The van der Waals surface area contributed by atoms with Crippen molar-refractivity contribution in [3.05, 3.63) is 0 Å². The summed E-state index contributed by atoms with van der Waals surface area (Å²) in [6.45, 7) is 2.09. The first-order chi connectivity index (χ1) is 6.43. The van der Waals surface area contributed by atoms with E-state index in [1.807, 2.05) is 0 Å². The lowest BCUT2D eigenvalue weighted by molar-refractivity contribution is -0.137. The highest BCUT2D eigenvalue weighted by Crippen LogP contribution is 2.18. The molecule has 0 aromatic carbocycles. The fourth-order valence-corrected chi connectivity index (χ4v) is 3.49. The molecule has 14 heavy (non-hydrogen) atoms. The second-order valence-electron chi connectivity index (χ2n) is 3.58. The molecule has 1 aliphatic heterocycles. The van der Waals surface area contributed by atoms with Crippen LogP contribution in [0, 0.1) is 0 Å². The summed E-state index contributed by atoms with van der Waals surface area (Å²) in [6.07, 6.45) is 1.38. The van der Waals surface area contributed by atoms with E-state index in [-0.39, 0.29) is 12.2 Å². The summed E-state index contributed by atoms with van der Waals surface area (Å²) in [6, 6.07) is -0.433. The van der Waals surface area contributed by atoms with E-state index in [9.17, 15) is 13.2 Å². The number of hydrogen-bond acceptors (Lipinski definition) is 3. The number of carbonyl (C=O) groups is 1. The Hall–Kier alpha value is -0.620. The van der Waals surface area contributed by atoms with Crippen molar-refractivity contribution in [2.24, 2.45) is 0 Å². The van der Waals surface area contributed by atoms with Crippen molar-refractivity contribution in [3.8, 4) is 0 Å². The third kappa shape index (κ3) is 2.68. The van der Waals surface area contributed by atoms with Gasteiger partial charge < -0.3 is 5.11 Å². The molecule has 0 bridgehead atoms. The van der Waals surface area contributed by atoms with E-state index in [2.05, 4.69) is 0 Å². The van der Waals surface area contributed by atoms with Gasteiger partial charge in [0.1, 0.15) is 0 Å². The van der Waals surface area contributed by atoms with Crippen molar-refractivity contribution < 1.29 is 18.3 Å². The van der Waals surface area contributed by atoms with Gasteiger partial charge in [-0.3, -0.25) is 4.79 Å². The summed E-state index contributed by atoms with van der Waals surface area (Å²) in [5.74, 6) is -0.810. The topological polar surface area (TPSA) is 74.7 Å². The van der Waals surface area contributed by atoms with Crippen LogP contribution in [0.4, 0.5) is 0 Å². The molecular weight excluding hydrogens is 206 g/mol. The number of sulfonamides is 1. The predicted molar refractivity (Wildman–Crippen MR) is 51.4 cm³/mol. The molecular formula is C8H15NO4S. The van der Waals surface area contributed by atoms with Crippen LogP contribution in [0.15, 0.2) is 0 Å². The van der Waals surface area contributed by atoms with Gasteiger partial charge in [0.2, 0.25) is 10.0 Å². The molecule has 5 nitrogen and oxygen atoms in total. The van der Waals surface area contributed by atoms with E-state index >= 15 is 0 Å². The van der Waals surface area contributed by atoms with Gasteiger partial charge in [0, 0.05) is 12.6 Å². The number of carboxylic acids is 1. The van der Waals surface area contributed by atoms with Crippen molar-refractivity contribution in [1.29, 1.82) is 0 Å². The molecule has 1 saturated heterocycles. The highest BCUT2D eigenvalue weighted by atomic mass is 32.2. The Morgan fingerprint density at radius 1 is 1.50 bits per heavy atom. The minimum atomic E-state index is -3.20. The van der Waals surface area contributed by atoms with Crippen LogP contribution in [0.2, 0.25) is 0 Å². The average molecular weight is 221 g/mol. The van der Waals surface area contributed by atoms with Crippen molar-refractivity contribution in [1.82, 2.24) is 4.31 Å². The third-order valence-corrected chi connectivity index (χ3v) is 4.41. The Balaban J connectivity index is 2.69. The smallest absolute Gasteiger partial charge is 0.304 e. The molecule has 1 rings (SSSR count). The van der Waals surface area contributed by atoms with Crippen LogP contribution >= 0.6 is 0 Å². The zero-order chi connectivity index (χ0) is 10.8. The van der Waals surface area contributed by atoms with Crippen molar-refractivity contribution in [2.45, 2.75) is 32.2 Å². The Kier molecular flexibility index (Phi) is 3.49. The van der Waals surface area contributed by atoms with E-state index < -0.39 is 22.0 Å². The van der Waals surface area contributed by atoms with Gasteiger partial charge in [-0.15, -0.1) is 0 Å². The fraction of sp³-hybridized carbons (Fsp3) is 0.875. The third-order valence-electron chi connectivity index (χ3n) is 2.35. The highest BCUT2D eigenvalue weighted by molar-refractivity contribution is 7.89. The van der Waals surface area contributed by atoms with Gasteiger partial charge in [0.15, 0.2) is 0 Å². The molecule has 0 aromatic heterocycles. The monoisotopic (exact) mass is 221 g/mol. The highest BCUT2D eigenvalue weighted by Gasteiger charge is 2.30. The minimum absolute atomic E-state index is 0.126. The van der Waals surface area contributed by atoms with Gasteiger partial charge in [-0.2, -0.15) is 4.31 Å². The number of nitrogens with zero attached hydrogens (tertiary/aromatic N) is 1. The van der Waals surface area contributed by atoms with Gasteiger partial charge in [-0.05, 0) is 19.8 Å². The molecule has 1 heterocycles. The van der Waals surface area contributed by atoms with Gasteiger partial charge in [0.05, 0.1) is 12.2 Å². The van der Waals surface area contributed by atoms with E-state index in [0.29, 0.717) is 13.0 Å². The van der Waals surface area contributed by atoms with Crippen molar-refractivity contribution in [2.75, 3.05) is 12.3 Å². The van der Waals surface area contributed by atoms with Crippen LogP contribution in [0.5, 0.6) is 0 Å². The molecule has 82 valence electrons. The van der Waals surface area contributed by atoms with E-state index in [4.69, 9.17) is 5.11 Å². The molecule has 0 amide bonds. The fourth-order valence-electron chi connectivity index (χ4n) is 1.66. The van der Waals surface area contributed by atoms with Crippen molar-refractivity contribution >= 4 is 16.0 Å². The van der Waals surface area contributed by atoms with E-state index in [0.717, 1.165) is 6.42 Å². The lowest BCUT2D eigenvalue weighted by Crippen LogP contribution is -2.44. The zero-order valence-corrected chi connectivity index (χ0v) is 8.96. The Morgan fingerprint density at radius 2 is 2.14 bits per heavy atom. The first kappa shape index (κ1) is 11.5. The summed E-state index contributed by atoms with van der Waals surface area (Å²) < 4.78 is 24.4. The molecule has 1 atom stereocenters. The standard InChI is InChI=1S/C8H15NO4S/c1-7(6-8(10)11)9-4-2-3-5-14(9,12)13/h7H,2-6H2,1H3,(H,10,11). The lowest BCUT2D eigenvalue weighted by atomic mass is 10.2. The Bertz CT molecular complexity index is 311. The molecule has 0 aromatic rings. The number of carboxylic acid groups (broad SMARTS) is 1. The maximum absolute atomic E-state index is 11.5. The van der Waals surface area contributed by atoms with Crippen molar-refractivity contribution in [3.63, 3.8) is 0 Å². The van der Waals surface area contributed by atoms with E-state index in [1.165, 1.54) is 4.31 Å². The van der Waals surface area contributed by atoms with Gasteiger partial charge in [-0.1, -0.05) is 0 Å². The lowest BCUT2D eigenvalue weighted by Gasteiger charge is -2.30. The first-order valence-electron chi connectivity index (χ1n) is 4.65. The SMILES string of the molecule is CC(CC(=O)O)N1CCCCS1(=O)=O. The quantitative estimate of drug-likeness (QED) is 0.742. The van der Waals surface area contributed by atoms with Crippen LogP contribution in [0.25, 0.3) is 0 Å². The number of hydrogen-bond donors (Lipinski definition) is 1. The molecule has 0 spiro atoms. The molecule has 0 radical (unpaired) electrons. The molecule has 1 N–H and O–H groups in total. The first-order valence-corrected chi connectivity index (χ1v) is 6.26. The number of rotatable bonds is 3. The molecule has 1 unspecified atom stereocenters. The Labute approximate surface area is 83.8 Å². The summed E-state index contributed by atoms with van der Waals surface area (Å²) in [4.78, 5) is 10.4. The van der Waals surface area contributed by atoms with Crippen LogP contribution in [-0.4, -0.2) is 42.1 Å². The van der Waals surface area contributed by atoms with Gasteiger partial charge >= 0.3 is 5.97 Å². The van der Waals surface area contributed by atoms with Crippen LogP contribution in [0.3, 0.4) is 0 Å². The van der Waals surface area contributed by atoms with Crippen LogP contribution in [0.1, 0.15) is 26.2 Å². The van der Waals surface area contributed by atoms with Crippen LogP contribution < -0.4 is 0 Å². The molecule has 1 fully saturated rings. The second kappa shape index (κ2) is 4.27. The summed E-state index contributed by atoms with van der Waals surface area (Å²) in [7, 11) is -3.20. The minimum Gasteiger partial charge on any atom is -0.481 e. The summed E-state index contributed by atoms with van der Waals surface area (Å²) >= 11 is 0. The Morgan fingerprint density at radius 3 is 2.64 bits per heavy atom. The van der Waals surface area contributed by atoms with Gasteiger partial charge in [0.25, 0.3) is 0 Å². The number of aliphatic carboxylic acids is 1. The summed E-state index contributed by atoms with van der Waals surface area (Å²) in [5, 5.41) is 8.56. The molecule has 0 aliphatic carbocycles. The predicted octanol–water partition coefficient (Wildman–Crippen LogP) is 0.275. The molecule has 1 aliphatic rings. The summed E-state index contributed by atoms with van der Waals surface area (Å²) in [5.41, 5.74) is 0. The maximum Gasteiger partial charge on any atom is 0.304 e.